The molecule has 1 aliphatic carbocycles. The molecule has 2 rings (SSSR count). The summed E-state index contributed by atoms with van der Waals surface area (Å²) in [6.07, 6.45) is 9.07. The predicted molar refractivity (Wildman–Crippen MR) is 59.3 cm³/mol. The highest BCUT2D eigenvalue weighted by Gasteiger charge is 2.29. The number of hydrogen-bond donors (Lipinski definition) is 0. The SMILES string of the molecule is CC1CCC(C2CCOC(C)C2)CC1. The van der Waals surface area contributed by atoms with E-state index in [9.17, 15) is 0 Å². The summed E-state index contributed by atoms with van der Waals surface area (Å²) >= 11 is 0. The van der Waals surface area contributed by atoms with Crippen LogP contribution in [0.1, 0.15) is 52.4 Å². The average Bonchev–Trinajstić information content (AvgIpc) is 2.19. The average molecular weight is 196 g/mol. The molecule has 0 aromatic carbocycles. The van der Waals surface area contributed by atoms with E-state index in [1.807, 2.05) is 0 Å². The van der Waals surface area contributed by atoms with E-state index in [2.05, 4.69) is 13.8 Å². The van der Waals surface area contributed by atoms with Gasteiger partial charge < -0.3 is 4.74 Å². The van der Waals surface area contributed by atoms with E-state index >= 15 is 0 Å². The molecule has 0 amide bonds. The van der Waals surface area contributed by atoms with Crippen LogP contribution in [0.15, 0.2) is 0 Å². The van der Waals surface area contributed by atoms with Crippen LogP contribution in [0.5, 0.6) is 0 Å². The molecule has 0 radical (unpaired) electrons. The minimum atomic E-state index is 0.521. The van der Waals surface area contributed by atoms with Gasteiger partial charge in [-0.1, -0.05) is 19.8 Å². The van der Waals surface area contributed by atoms with Crippen LogP contribution in [0.2, 0.25) is 0 Å². The van der Waals surface area contributed by atoms with Crippen molar-refractivity contribution >= 4 is 0 Å². The Balaban J connectivity index is 1.82. The summed E-state index contributed by atoms with van der Waals surface area (Å²) in [6, 6.07) is 0. The number of ether oxygens (including phenoxy) is 1. The lowest BCUT2D eigenvalue weighted by Gasteiger charge is -2.36. The van der Waals surface area contributed by atoms with Crippen LogP contribution in [0.25, 0.3) is 0 Å². The summed E-state index contributed by atoms with van der Waals surface area (Å²) in [6.45, 7) is 5.65. The second kappa shape index (κ2) is 4.65. The van der Waals surface area contributed by atoms with Gasteiger partial charge in [0.25, 0.3) is 0 Å². The van der Waals surface area contributed by atoms with Gasteiger partial charge in [-0.25, -0.2) is 0 Å². The highest BCUT2D eigenvalue weighted by Crippen LogP contribution is 2.38. The first-order valence-corrected chi connectivity index (χ1v) is 6.37. The van der Waals surface area contributed by atoms with Gasteiger partial charge in [0.05, 0.1) is 6.10 Å². The molecule has 1 heterocycles. The molecular formula is C13H24O. The first-order valence-electron chi connectivity index (χ1n) is 6.37. The van der Waals surface area contributed by atoms with Crippen LogP contribution in [0, 0.1) is 17.8 Å². The zero-order chi connectivity index (χ0) is 9.97. The topological polar surface area (TPSA) is 9.23 Å². The highest BCUT2D eigenvalue weighted by molar-refractivity contribution is 4.79. The Morgan fingerprint density at radius 2 is 1.57 bits per heavy atom. The minimum Gasteiger partial charge on any atom is -0.378 e. The molecule has 1 saturated heterocycles. The Hall–Kier alpha value is -0.0400. The van der Waals surface area contributed by atoms with Crippen molar-refractivity contribution in [2.24, 2.45) is 17.8 Å². The third-order valence-electron chi connectivity index (χ3n) is 4.25. The summed E-state index contributed by atoms with van der Waals surface area (Å²) in [7, 11) is 0. The maximum Gasteiger partial charge on any atom is 0.0549 e. The molecule has 14 heavy (non-hydrogen) atoms. The zero-order valence-electron chi connectivity index (χ0n) is 9.67. The molecule has 82 valence electrons. The Bertz CT molecular complexity index is 170. The molecule has 2 aliphatic rings. The van der Waals surface area contributed by atoms with Gasteiger partial charge in [-0.05, 0) is 50.4 Å². The Morgan fingerprint density at radius 3 is 2.21 bits per heavy atom. The van der Waals surface area contributed by atoms with Crippen LogP contribution in [0.4, 0.5) is 0 Å². The standard InChI is InChI=1S/C13H24O/c1-10-3-5-12(6-4-10)13-7-8-14-11(2)9-13/h10-13H,3-9H2,1-2H3. The molecule has 1 heteroatoms. The van der Waals surface area contributed by atoms with E-state index in [4.69, 9.17) is 4.74 Å². The Labute approximate surface area is 88.2 Å². The summed E-state index contributed by atoms with van der Waals surface area (Å²) in [5, 5.41) is 0. The van der Waals surface area contributed by atoms with Crippen molar-refractivity contribution in [2.45, 2.75) is 58.5 Å². The maximum atomic E-state index is 5.62. The van der Waals surface area contributed by atoms with Gasteiger partial charge in [-0.3, -0.25) is 0 Å². The van der Waals surface area contributed by atoms with E-state index in [1.54, 1.807) is 0 Å². The van der Waals surface area contributed by atoms with Gasteiger partial charge in [0.15, 0.2) is 0 Å². The summed E-state index contributed by atoms with van der Waals surface area (Å²) in [5.74, 6) is 2.99. The fraction of sp³-hybridized carbons (Fsp3) is 1.00. The van der Waals surface area contributed by atoms with Gasteiger partial charge in [0.2, 0.25) is 0 Å². The Kier molecular flexibility index (Phi) is 3.48. The first-order chi connectivity index (χ1) is 6.75. The van der Waals surface area contributed by atoms with Crippen molar-refractivity contribution < 1.29 is 4.74 Å². The van der Waals surface area contributed by atoms with E-state index in [0.29, 0.717) is 6.10 Å². The third kappa shape index (κ3) is 2.50. The Morgan fingerprint density at radius 1 is 0.857 bits per heavy atom. The number of hydrogen-bond acceptors (Lipinski definition) is 1. The molecule has 2 unspecified atom stereocenters. The van der Waals surface area contributed by atoms with Crippen molar-refractivity contribution in [3.05, 3.63) is 0 Å². The van der Waals surface area contributed by atoms with Gasteiger partial charge in [-0.15, -0.1) is 0 Å². The summed E-state index contributed by atoms with van der Waals surface area (Å²) in [4.78, 5) is 0. The van der Waals surface area contributed by atoms with Crippen LogP contribution >= 0.6 is 0 Å². The van der Waals surface area contributed by atoms with Gasteiger partial charge in [0.1, 0.15) is 0 Å². The van der Waals surface area contributed by atoms with Gasteiger partial charge in [-0.2, -0.15) is 0 Å². The maximum absolute atomic E-state index is 5.62. The quantitative estimate of drug-likeness (QED) is 0.622. The lowest BCUT2D eigenvalue weighted by Crippen LogP contribution is -2.30. The fourth-order valence-electron chi connectivity index (χ4n) is 3.22. The second-order valence-electron chi connectivity index (χ2n) is 5.49. The van der Waals surface area contributed by atoms with E-state index in [1.165, 1.54) is 38.5 Å². The third-order valence-corrected chi connectivity index (χ3v) is 4.25. The van der Waals surface area contributed by atoms with Crippen molar-refractivity contribution in [1.29, 1.82) is 0 Å². The summed E-state index contributed by atoms with van der Waals surface area (Å²) in [5.41, 5.74) is 0. The lowest BCUT2D eigenvalue weighted by molar-refractivity contribution is -0.0181. The molecule has 0 bridgehead atoms. The van der Waals surface area contributed by atoms with Crippen molar-refractivity contribution in [3.63, 3.8) is 0 Å². The van der Waals surface area contributed by atoms with Crippen molar-refractivity contribution in [2.75, 3.05) is 6.61 Å². The molecule has 0 aromatic heterocycles. The number of rotatable bonds is 1. The van der Waals surface area contributed by atoms with Gasteiger partial charge >= 0.3 is 0 Å². The van der Waals surface area contributed by atoms with Crippen LogP contribution in [-0.2, 0) is 4.74 Å². The smallest absolute Gasteiger partial charge is 0.0549 e. The molecule has 0 N–H and O–H groups in total. The minimum absolute atomic E-state index is 0.521. The largest absolute Gasteiger partial charge is 0.378 e. The monoisotopic (exact) mass is 196 g/mol. The van der Waals surface area contributed by atoms with Crippen molar-refractivity contribution in [1.82, 2.24) is 0 Å². The molecule has 0 spiro atoms. The van der Waals surface area contributed by atoms with E-state index < -0.39 is 0 Å². The second-order valence-corrected chi connectivity index (χ2v) is 5.49. The van der Waals surface area contributed by atoms with Gasteiger partial charge in [0, 0.05) is 6.61 Å². The van der Waals surface area contributed by atoms with E-state index in [-0.39, 0.29) is 0 Å². The first kappa shape index (κ1) is 10.5. The predicted octanol–water partition coefficient (Wildman–Crippen LogP) is 3.63. The lowest BCUT2D eigenvalue weighted by atomic mass is 9.73. The highest BCUT2D eigenvalue weighted by atomic mass is 16.5. The van der Waals surface area contributed by atoms with Crippen LogP contribution < -0.4 is 0 Å². The molecular weight excluding hydrogens is 172 g/mol. The molecule has 1 saturated carbocycles. The molecule has 2 fully saturated rings. The molecule has 1 aliphatic heterocycles. The molecule has 2 atom stereocenters. The fourth-order valence-corrected chi connectivity index (χ4v) is 3.22. The molecule has 1 nitrogen and oxygen atoms in total. The summed E-state index contributed by atoms with van der Waals surface area (Å²) < 4.78 is 5.62. The normalized spacial score (nSPS) is 45.0. The van der Waals surface area contributed by atoms with Crippen molar-refractivity contribution in [3.8, 4) is 0 Å². The molecule has 0 aromatic rings. The van der Waals surface area contributed by atoms with Crippen LogP contribution in [0.3, 0.4) is 0 Å². The zero-order valence-corrected chi connectivity index (χ0v) is 9.67. The van der Waals surface area contributed by atoms with E-state index in [0.717, 1.165) is 24.4 Å². The van der Waals surface area contributed by atoms with Crippen LogP contribution in [-0.4, -0.2) is 12.7 Å².